The van der Waals surface area contributed by atoms with Gasteiger partial charge in [0, 0.05) is 16.3 Å². The average molecular weight is 540 g/mol. The maximum Gasteiger partial charge on any atom is 0.416 e. The van der Waals surface area contributed by atoms with Gasteiger partial charge in [-0.15, -0.1) is 10.2 Å². The number of alkyl halides is 6. The Morgan fingerprint density at radius 2 is 1.41 bits per heavy atom. The maximum absolute atomic E-state index is 13.1. The van der Waals surface area contributed by atoms with Gasteiger partial charge in [0.1, 0.15) is 16.3 Å². The summed E-state index contributed by atoms with van der Waals surface area (Å²) in [7, 11) is -4.65. The van der Waals surface area contributed by atoms with E-state index in [0.29, 0.717) is 12.1 Å². The summed E-state index contributed by atoms with van der Waals surface area (Å²) < 4.78 is 112. The average Bonchev–Trinajstić information content (AvgIpc) is 2.82. The molecule has 3 aromatic carbocycles. The van der Waals surface area contributed by atoms with Crippen molar-refractivity contribution in [3.8, 4) is 11.3 Å². The molecular formula is C23H14F6N4O3S. The van der Waals surface area contributed by atoms with Crippen LogP contribution < -0.4 is 5.73 Å². The second-order valence-corrected chi connectivity index (χ2v) is 9.11. The second-order valence-electron chi connectivity index (χ2n) is 7.72. The Bertz CT molecular complexity index is 1600. The first-order valence-corrected chi connectivity index (χ1v) is 11.5. The zero-order chi connectivity index (χ0) is 27.2. The molecule has 0 saturated carbocycles. The highest BCUT2D eigenvalue weighted by atomic mass is 32.2. The zero-order valence-corrected chi connectivity index (χ0v) is 19.0. The summed E-state index contributed by atoms with van der Waals surface area (Å²) >= 11 is 0. The molecule has 0 atom stereocenters. The second kappa shape index (κ2) is 9.12. The van der Waals surface area contributed by atoms with Gasteiger partial charge in [0.2, 0.25) is 0 Å². The van der Waals surface area contributed by atoms with Crippen LogP contribution in [0.15, 0.2) is 82.0 Å². The topological polar surface area (TPSA) is 118 Å². The zero-order valence-electron chi connectivity index (χ0n) is 18.2. The minimum Gasteiger partial charge on any atom is -0.396 e. The molecule has 4 rings (SSSR count). The molecule has 4 aromatic rings. The van der Waals surface area contributed by atoms with Crippen molar-refractivity contribution in [1.29, 1.82) is 0 Å². The third-order valence-corrected chi connectivity index (χ3v) is 6.10. The van der Waals surface area contributed by atoms with Gasteiger partial charge in [0.05, 0.1) is 28.7 Å². The van der Waals surface area contributed by atoms with Crippen molar-refractivity contribution >= 4 is 38.0 Å². The molecule has 37 heavy (non-hydrogen) atoms. The van der Waals surface area contributed by atoms with Crippen LogP contribution in [-0.4, -0.2) is 18.0 Å². The van der Waals surface area contributed by atoms with E-state index in [2.05, 4.69) is 15.2 Å². The van der Waals surface area contributed by atoms with Gasteiger partial charge in [-0.2, -0.15) is 34.8 Å². The van der Waals surface area contributed by atoms with Crippen LogP contribution in [0.25, 0.3) is 22.0 Å². The summed E-state index contributed by atoms with van der Waals surface area (Å²) in [5.41, 5.74) is 2.48. The third kappa shape index (κ3) is 5.54. The van der Waals surface area contributed by atoms with Crippen molar-refractivity contribution in [2.24, 2.45) is 10.2 Å². The summed E-state index contributed by atoms with van der Waals surface area (Å²) in [6.07, 6.45) is -8.97. The summed E-state index contributed by atoms with van der Waals surface area (Å²) in [6, 6.07) is 10.6. The number of hydrogen-bond acceptors (Lipinski definition) is 6. The Balaban J connectivity index is 1.71. The van der Waals surface area contributed by atoms with Gasteiger partial charge in [-0.25, -0.2) is 0 Å². The standard InChI is InChI=1S/C23H14F6N4O3S/c24-22(25,26)13-7-12(8-14(9-13)23(27,28)29)18-6-5-15(11-31-18)32-33-19-10-20(37(34,35)36)16-3-1-2-4-17(16)21(19)30/h1-11H,30H2,(H,34,35,36)/b33-32+. The molecule has 3 N–H and O–H groups in total. The van der Waals surface area contributed by atoms with Crippen LogP contribution in [-0.2, 0) is 22.5 Å². The van der Waals surface area contributed by atoms with Gasteiger partial charge < -0.3 is 5.73 Å². The molecule has 192 valence electrons. The Labute approximate surface area is 205 Å². The maximum atomic E-state index is 13.1. The van der Waals surface area contributed by atoms with E-state index in [1.807, 2.05) is 0 Å². The molecule has 0 aliphatic heterocycles. The quantitative estimate of drug-likeness (QED) is 0.123. The predicted molar refractivity (Wildman–Crippen MR) is 122 cm³/mol. The molecule has 7 nitrogen and oxygen atoms in total. The van der Waals surface area contributed by atoms with E-state index in [9.17, 15) is 39.3 Å². The molecule has 1 heterocycles. The van der Waals surface area contributed by atoms with Gasteiger partial charge in [0.25, 0.3) is 10.1 Å². The van der Waals surface area contributed by atoms with E-state index in [-0.39, 0.29) is 39.6 Å². The van der Waals surface area contributed by atoms with Gasteiger partial charge in [-0.05, 0) is 36.4 Å². The highest BCUT2D eigenvalue weighted by molar-refractivity contribution is 7.86. The smallest absolute Gasteiger partial charge is 0.396 e. The summed E-state index contributed by atoms with van der Waals surface area (Å²) in [4.78, 5) is 3.43. The van der Waals surface area contributed by atoms with E-state index in [1.165, 1.54) is 18.2 Å². The molecule has 0 amide bonds. The third-order valence-electron chi connectivity index (χ3n) is 5.21. The van der Waals surface area contributed by atoms with Crippen LogP contribution in [0.4, 0.5) is 43.4 Å². The minimum absolute atomic E-state index is 0.0148. The molecule has 1 aromatic heterocycles. The van der Waals surface area contributed by atoms with Crippen molar-refractivity contribution < 1.29 is 39.3 Å². The van der Waals surface area contributed by atoms with Crippen LogP contribution in [0.5, 0.6) is 0 Å². The Kier molecular flexibility index (Phi) is 6.42. The van der Waals surface area contributed by atoms with Gasteiger partial charge >= 0.3 is 12.4 Å². The lowest BCUT2D eigenvalue weighted by Crippen LogP contribution is -2.11. The van der Waals surface area contributed by atoms with Crippen molar-refractivity contribution in [3.05, 3.63) is 78.0 Å². The van der Waals surface area contributed by atoms with Crippen molar-refractivity contribution in [2.45, 2.75) is 17.2 Å². The van der Waals surface area contributed by atoms with Crippen molar-refractivity contribution in [1.82, 2.24) is 4.98 Å². The molecular weight excluding hydrogens is 526 g/mol. The molecule has 0 bridgehead atoms. The van der Waals surface area contributed by atoms with E-state index < -0.39 is 44.1 Å². The number of halogens is 6. The fraction of sp³-hybridized carbons (Fsp3) is 0.0870. The first-order chi connectivity index (χ1) is 17.1. The lowest BCUT2D eigenvalue weighted by atomic mass is 10.0. The fourth-order valence-electron chi connectivity index (χ4n) is 3.48. The monoisotopic (exact) mass is 540 g/mol. The van der Waals surface area contributed by atoms with Gasteiger partial charge in [-0.1, -0.05) is 24.3 Å². The largest absolute Gasteiger partial charge is 0.416 e. The number of pyridine rings is 1. The van der Waals surface area contributed by atoms with Crippen molar-refractivity contribution in [2.75, 3.05) is 5.73 Å². The number of benzene rings is 3. The number of anilines is 1. The molecule has 0 aliphatic carbocycles. The number of fused-ring (bicyclic) bond motifs is 1. The number of nitrogens with two attached hydrogens (primary N) is 1. The molecule has 0 aliphatic rings. The number of rotatable bonds is 4. The normalized spacial score (nSPS) is 12.9. The van der Waals surface area contributed by atoms with Gasteiger partial charge in [-0.3, -0.25) is 9.54 Å². The van der Waals surface area contributed by atoms with Crippen LogP contribution in [0.3, 0.4) is 0 Å². The van der Waals surface area contributed by atoms with E-state index in [4.69, 9.17) is 5.73 Å². The summed E-state index contributed by atoms with van der Waals surface area (Å²) in [6.45, 7) is 0. The minimum atomic E-state index is -5.01. The molecule has 0 spiro atoms. The number of hydrogen-bond donors (Lipinski definition) is 2. The summed E-state index contributed by atoms with van der Waals surface area (Å²) in [5.74, 6) is 0. The molecule has 0 saturated heterocycles. The molecule has 0 unspecified atom stereocenters. The fourth-order valence-corrected chi connectivity index (χ4v) is 4.19. The highest BCUT2D eigenvalue weighted by Gasteiger charge is 2.37. The van der Waals surface area contributed by atoms with Crippen molar-refractivity contribution in [3.63, 3.8) is 0 Å². The van der Waals surface area contributed by atoms with E-state index in [0.717, 1.165) is 18.3 Å². The van der Waals surface area contributed by atoms with Crippen LogP contribution in [0.1, 0.15) is 11.1 Å². The van der Waals surface area contributed by atoms with E-state index in [1.54, 1.807) is 12.1 Å². The Morgan fingerprint density at radius 3 is 1.92 bits per heavy atom. The SMILES string of the molecule is Nc1c(/N=N/c2ccc(-c3cc(C(F)(F)F)cc(C(F)(F)F)c3)nc2)cc(S(=O)(=O)O)c2ccccc12. The number of nitrogens with zero attached hydrogens (tertiary/aromatic N) is 3. The van der Waals surface area contributed by atoms with Crippen LogP contribution >= 0.6 is 0 Å². The summed E-state index contributed by atoms with van der Waals surface area (Å²) in [5, 5.41) is 8.19. The highest BCUT2D eigenvalue weighted by Crippen LogP contribution is 2.39. The number of azo groups is 1. The molecule has 14 heteroatoms. The lowest BCUT2D eigenvalue weighted by molar-refractivity contribution is -0.143. The Hall–Kier alpha value is -4.04. The van der Waals surface area contributed by atoms with Crippen LogP contribution in [0, 0.1) is 0 Å². The first kappa shape index (κ1) is 26.0. The molecule has 0 radical (unpaired) electrons. The van der Waals surface area contributed by atoms with E-state index >= 15 is 0 Å². The lowest BCUT2D eigenvalue weighted by Gasteiger charge is -2.14. The van der Waals surface area contributed by atoms with Crippen LogP contribution in [0.2, 0.25) is 0 Å². The number of aromatic nitrogens is 1. The van der Waals surface area contributed by atoms with Gasteiger partial charge in [0.15, 0.2) is 0 Å². The number of nitrogen functional groups attached to an aromatic ring is 1. The Morgan fingerprint density at radius 1 is 0.811 bits per heavy atom. The first-order valence-electron chi connectivity index (χ1n) is 10.1. The predicted octanol–water partition coefficient (Wildman–Crippen LogP) is 7.18. The molecule has 0 fully saturated rings.